The van der Waals surface area contributed by atoms with Crippen molar-refractivity contribution in [1.29, 1.82) is 0 Å². The van der Waals surface area contributed by atoms with Crippen molar-refractivity contribution in [2.45, 2.75) is 6.42 Å². The first-order chi connectivity index (χ1) is 9.35. The van der Waals surface area contributed by atoms with Crippen LogP contribution in [0.4, 0.5) is 4.79 Å². The number of carboxylic acid groups (broad SMARTS) is 1. The molecule has 0 radical (unpaired) electrons. The lowest BCUT2D eigenvalue weighted by atomic mass is 10.1. The summed E-state index contributed by atoms with van der Waals surface area (Å²) in [7, 11) is 1.26. The number of nitrogens with two attached hydrogens (primary N) is 1. The summed E-state index contributed by atoms with van der Waals surface area (Å²) in [5, 5.41) is 8.73. The summed E-state index contributed by atoms with van der Waals surface area (Å²) in [6, 6.07) is -0.627. The Morgan fingerprint density at radius 3 is 2.50 bits per heavy atom. The molecule has 20 heavy (non-hydrogen) atoms. The van der Waals surface area contributed by atoms with E-state index in [1.165, 1.54) is 12.0 Å². The highest BCUT2D eigenvalue weighted by Gasteiger charge is 2.34. The van der Waals surface area contributed by atoms with Crippen LogP contribution in [0.15, 0.2) is 0 Å². The second-order valence-corrected chi connectivity index (χ2v) is 4.45. The van der Waals surface area contributed by atoms with Crippen molar-refractivity contribution in [3.63, 3.8) is 0 Å². The Balaban J connectivity index is 2.68. The maximum atomic E-state index is 12.1. The van der Waals surface area contributed by atoms with Crippen LogP contribution in [0.5, 0.6) is 0 Å². The zero-order valence-electron chi connectivity index (χ0n) is 11.1. The number of esters is 1. The van der Waals surface area contributed by atoms with Crippen molar-refractivity contribution in [2.75, 3.05) is 33.3 Å². The van der Waals surface area contributed by atoms with Gasteiger partial charge in [-0.15, -0.1) is 0 Å². The van der Waals surface area contributed by atoms with Gasteiger partial charge in [0.05, 0.1) is 13.0 Å². The molecular formula is C11H17N3O6. The summed E-state index contributed by atoms with van der Waals surface area (Å²) in [5.41, 5.74) is 4.98. The number of rotatable bonds is 5. The number of likely N-dealkylation sites (tertiary alicyclic amines) is 1. The number of urea groups is 1. The molecule has 112 valence electrons. The fourth-order valence-electron chi connectivity index (χ4n) is 2.04. The SMILES string of the molecule is COC(=O)C1CCN(C(=O)N(CC(N)=O)CC(=O)O)C1. The molecule has 1 unspecified atom stereocenters. The molecule has 0 aliphatic carbocycles. The summed E-state index contributed by atoms with van der Waals surface area (Å²) in [6.07, 6.45) is 0.440. The standard InChI is InChI=1S/C11H17N3O6/c1-20-10(18)7-2-3-13(4-7)11(19)14(5-8(12)15)6-9(16)17/h7H,2-6H2,1H3,(H2,12,15)(H,16,17). The van der Waals surface area contributed by atoms with Crippen molar-refractivity contribution >= 4 is 23.9 Å². The van der Waals surface area contributed by atoms with E-state index in [2.05, 4.69) is 4.74 Å². The lowest BCUT2D eigenvalue weighted by Gasteiger charge is -2.25. The number of carbonyl (C=O) groups is 4. The fraction of sp³-hybridized carbons (Fsp3) is 0.636. The number of hydrogen-bond acceptors (Lipinski definition) is 5. The van der Waals surface area contributed by atoms with Crippen molar-refractivity contribution in [3.05, 3.63) is 0 Å². The molecule has 1 atom stereocenters. The van der Waals surface area contributed by atoms with Crippen LogP contribution >= 0.6 is 0 Å². The molecule has 1 aliphatic rings. The van der Waals surface area contributed by atoms with Crippen molar-refractivity contribution in [3.8, 4) is 0 Å². The number of methoxy groups -OCH3 is 1. The number of carbonyl (C=O) groups excluding carboxylic acids is 3. The van der Waals surface area contributed by atoms with Crippen LogP contribution in [0.25, 0.3) is 0 Å². The average Bonchev–Trinajstić information content (AvgIpc) is 2.84. The van der Waals surface area contributed by atoms with E-state index in [-0.39, 0.29) is 6.54 Å². The zero-order chi connectivity index (χ0) is 15.3. The van der Waals surface area contributed by atoms with E-state index >= 15 is 0 Å². The van der Waals surface area contributed by atoms with Gasteiger partial charge in [-0.25, -0.2) is 4.79 Å². The minimum absolute atomic E-state index is 0.139. The third kappa shape index (κ3) is 4.11. The number of amides is 3. The third-order valence-corrected chi connectivity index (χ3v) is 2.94. The predicted octanol–water partition coefficient (Wildman–Crippen LogP) is -1.53. The van der Waals surface area contributed by atoms with Gasteiger partial charge in [0.1, 0.15) is 13.1 Å². The van der Waals surface area contributed by atoms with Gasteiger partial charge in [0.15, 0.2) is 0 Å². The summed E-state index contributed by atoms with van der Waals surface area (Å²) in [5.74, 6) is -2.89. The first kappa shape index (κ1) is 15.7. The number of primary amides is 1. The van der Waals surface area contributed by atoms with Crippen LogP contribution in [-0.2, 0) is 19.1 Å². The van der Waals surface area contributed by atoms with E-state index in [9.17, 15) is 19.2 Å². The van der Waals surface area contributed by atoms with Gasteiger partial charge in [0.2, 0.25) is 5.91 Å². The van der Waals surface area contributed by atoms with Crippen LogP contribution in [-0.4, -0.2) is 72.1 Å². The highest BCUT2D eigenvalue weighted by atomic mass is 16.5. The van der Waals surface area contributed by atoms with Crippen molar-refractivity contribution < 1.29 is 29.0 Å². The number of aliphatic carboxylic acids is 1. The van der Waals surface area contributed by atoms with Gasteiger partial charge < -0.3 is 25.4 Å². The second kappa shape index (κ2) is 6.73. The molecule has 1 rings (SSSR count). The topological polar surface area (TPSA) is 130 Å². The molecular weight excluding hydrogens is 270 g/mol. The van der Waals surface area contributed by atoms with E-state index in [1.807, 2.05) is 0 Å². The molecule has 0 aromatic rings. The van der Waals surface area contributed by atoms with Crippen LogP contribution in [0.2, 0.25) is 0 Å². The minimum atomic E-state index is -1.25. The van der Waals surface area contributed by atoms with Crippen LogP contribution in [0.1, 0.15) is 6.42 Å². The van der Waals surface area contributed by atoms with E-state index in [4.69, 9.17) is 10.8 Å². The maximum absolute atomic E-state index is 12.1. The number of carboxylic acids is 1. The number of nitrogens with zero attached hydrogens (tertiary/aromatic N) is 2. The van der Waals surface area contributed by atoms with Gasteiger partial charge in [-0.3, -0.25) is 14.4 Å². The molecule has 0 saturated carbocycles. The summed E-state index contributed by atoms with van der Waals surface area (Å²) in [6.45, 7) is -0.667. The van der Waals surface area contributed by atoms with Gasteiger partial charge in [-0.2, -0.15) is 0 Å². The largest absolute Gasteiger partial charge is 0.480 e. The quantitative estimate of drug-likeness (QED) is 0.590. The molecule has 0 spiro atoms. The third-order valence-electron chi connectivity index (χ3n) is 2.94. The van der Waals surface area contributed by atoms with E-state index < -0.39 is 42.9 Å². The van der Waals surface area contributed by atoms with E-state index in [0.29, 0.717) is 13.0 Å². The lowest BCUT2D eigenvalue weighted by Crippen LogP contribution is -2.48. The Morgan fingerprint density at radius 1 is 1.35 bits per heavy atom. The predicted molar refractivity (Wildman–Crippen MR) is 65.5 cm³/mol. The first-order valence-corrected chi connectivity index (χ1v) is 5.97. The Labute approximate surface area is 115 Å². The van der Waals surface area contributed by atoms with Crippen LogP contribution < -0.4 is 5.73 Å². The van der Waals surface area contributed by atoms with Crippen molar-refractivity contribution in [1.82, 2.24) is 9.80 Å². The normalized spacial score (nSPS) is 17.6. The Kier molecular flexibility index (Phi) is 5.30. The molecule has 1 heterocycles. The van der Waals surface area contributed by atoms with Gasteiger partial charge in [0, 0.05) is 13.1 Å². The van der Waals surface area contributed by atoms with E-state index in [0.717, 1.165) is 4.90 Å². The second-order valence-electron chi connectivity index (χ2n) is 4.45. The lowest BCUT2D eigenvalue weighted by molar-refractivity contribution is -0.145. The number of hydrogen-bond donors (Lipinski definition) is 2. The minimum Gasteiger partial charge on any atom is -0.480 e. The fourth-order valence-corrected chi connectivity index (χ4v) is 2.04. The zero-order valence-corrected chi connectivity index (χ0v) is 11.1. The average molecular weight is 287 g/mol. The number of ether oxygens (including phenoxy) is 1. The maximum Gasteiger partial charge on any atom is 0.323 e. The van der Waals surface area contributed by atoms with Gasteiger partial charge >= 0.3 is 18.0 Å². The highest BCUT2D eigenvalue weighted by Crippen LogP contribution is 2.18. The molecule has 9 nitrogen and oxygen atoms in total. The molecule has 1 aliphatic heterocycles. The Bertz CT molecular complexity index is 408. The Morgan fingerprint density at radius 2 is 2.00 bits per heavy atom. The summed E-state index contributed by atoms with van der Waals surface area (Å²) in [4.78, 5) is 47.2. The first-order valence-electron chi connectivity index (χ1n) is 5.97. The van der Waals surface area contributed by atoms with Crippen LogP contribution in [0, 0.1) is 5.92 Å². The molecule has 1 saturated heterocycles. The van der Waals surface area contributed by atoms with E-state index in [1.54, 1.807) is 0 Å². The summed E-state index contributed by atoms with van der Waals surface area (Å²) >= 11 is 0. The molecule has 0 aromatic carbocycles. The Hall–Kier alpha value is -2.32. The molecule has 0 aromatic heterocycles. The van der Waals surface area contributed by atoms with Gasteiger partial charge in [0.25, 0.3) is 0 Å². The molecule has 0 bridgehead atoms. The van der Waals surface area contributed by atoms with Gasteiger partial charge in [-0.05, 0) is 6.42 Å². The molecule has 9 heteroatoms. The van der Waals surface area contributed by atoms with Crippen molar-refractivity contribution in [2.24, 2.45) is 11.7 Å². The molecule has 1 fully saturated rings. The monoisotopic (exact) mass is 287 g/mol. The molecule has 3 N–H and O–H groups in total. The van der Waals surface area contributed by atoms with Crippen LogP contribution in [0.3, 0.4) is 0 Å². The molecule has 3 amide bonds. The smallest absolute Gasteiger partial charge is 0.323 e. The highest BCUT2D eigenvalue weighted by molar-refractivity contribution is 5.86. The summed E-state index contributed by atoms with van der Waals surface area (Å²) < 4.78 is 4.59. The van der Waals surface area contributed by atoms with Gasteiger partial charge in [-0.1, -0.05) is 0 Å².